The molecule has 166 valence electrons. The number of esters is 2. The van der Waals surface area contributed by atoms with E-state index in [-0.39, 0.29) is 25.2 Å². The van der Waals surface area contributed by atoms with Crippen molar-refractivity contribution in [1.82, 2.24) is 0 Å². The summed E-state index contributed by atoms with van der Waals surface area (Å²) in [6.45, 7) is 1.46. The predicted molar refractivity (Wildman–Crippen MR) is 121 cm³/mol. The summed E-state index contributed by atoms with van der Waals surface area (Å²) in [5.41, 5.74) is 1.10. The van der Waals surface area contributed by atoms with Crippen LogP contribution in [0.25, 0.3) is 16.3 Å². The van der Waals surface area contributed by atoms with E-state index in [0.717, 1.165) is 10.8 Å². The minimum atomic E-state index is -1.23. The second-order valence-electron chi connectivity index (χ2n) is 7.08. The molecule has 0 amide bonds. The highest BCUT2D eigenvalue weighted by atomic mass is 19.1. The molecule has 3 aromatic rings. The number of hydrogen-bond acceptors (Lipinski definition) is 5. The van der Waals surface area contributed by atoms with E-state index in [9.17, 15) is 14.0 Å². The van der Waals surface area contributed by atoms with Gasteiger partial charge in [-0.1, -0.05) is 55.5 Å². The van der Waals surface area contributed by atoms with Crippen LogP contribution < -0.4 is 4.74 Å². The van der Waals surface area contributed by atoms with E-state index < -0.39 is 18.1 Å². The number of methoxy groups -OCH3 is 1. The van der Waals surface area contributed by atoms with E-state index in [2.05, 4.69) is 0 Å². The lowest BCUT2D eigenvalue weighted by atomic mass is 10.0. The van der Waals surface area contributed by atoms with Crippen LogP contribution >= 0.6 is 0 Å². The van der Waals surface area contributed by atoms with Crippen LogP contribution in [-0.4, -0.2) is 38.4 Å². The Morgan fingerprint density at radius 2 is 1.66 bits per heavy atom. The van der Waals surface area contributed by atoms with Crippen LogP contribution in [0.15, 0.2) is 72.8 Å². The zero-order valence-corrected chi connectivity index (χ0v) is 18.0. The molecule has 32 heavy (non-hydrogen) atoms. The second-order valence-corrected chi connectivity index (χ2v) is 7.08. The number of rotatable bonds is 9. The molecule has 0 saturated carbocycles. The highest BCUT2D eigenvalue weighted by Crippen LogP contribution is 2.25. The predicted octanol–water partition coefficient (Wildman–Crippen LogP) is 5.38. The highest BCUT2D eigenvalue weighted by molar-refractivity contribution is 6.16. The van der Waals surface area contributed by atoms with Crippen LogP contribution in [0.2, 0.25) is 0 Å². The van der Waals surface area contributed by atoms with Crippen molar-refractivity contribution in [3.63, 3.8) is 0 Å². The third-order valence-corrected chi connectivity index (χ3v) is 4.95. The molecule has 5 nitrogen and oxygen atoms in total. The summed E-state index contributed by atoms with van der Waals surface area (Å²) in [4.78, 5) is 24.4. The largest absolute Gasteiger partial charge is 0.489 e. The number of carbonyl (C=O) groups is 2. The molecule has 0 bridgehead atoms. The average molecular weight is 436 g/mol. The number of fused-ring (bicyclic) bond motifs is 1. The lowest BCUT2D eigenvalue weighted by Gasteiger charge is -2.12. The molecule has 3 rings (SSSR count). The van der Waals surface area contributed by atoms with Crippen LogP contribution in [0.5, 0.6) is 5.75 Å². The van der Waals surface area contributed by atoms with Gasteiger partial charge in [0, 0.05) is 5.39 Å². The van der Waals surface area contributed by atoms with Gasteiger partial charge in [0.2, 0.25) is 0 Å². The second kappa shape index (κ2) is 11.1. The van der Waals surface area contributed by atoms with Crippen LogP contribution in [0.3, 0.4) is 0 Å². The molecular formula is C26H25FO5. The molecule has 0 aromatic heterocycles. The third-order valence-electron chi connectivity index (χ3n) is 4.95. The first-order chi connectivity index (χ1) is 15.5. The fourth-order valence-electron chi connectivity index (χ4n) is 3.12. The number of benzene rings is 3. The van der Waals surface area contributed by atoms with Crippen LogP contribution in [-0.2, 0) is 14.3 Å². The van der Waals surface area contributed by atoms with Gasteiger partial charge in [-0.3, -0.25) is 0 Å². The zero-order chi connectivity index (χ0) is 22.9. The van der Waals surface area contributed by atoms with E-state index in [0.29, 0.717) is 16.9 Å². The SMILES string of the molecule is CCC(F)COC(=O)C(=CCOc1cccc2ccccc12)c1ccc(C(=O)OC)cc1. The molecule has 1 unspecified atom stereocenters. The molecule has 0 N–H and O–H groups in total. The normalized spacial score (nSPS) is 12.3. The molecule has 0 aliphatic heterocycles. The molecule has 0 aliphatic rings. The number of carbonyl (C=O) groups excluding carboxylic acids is 2. The summed E-state index contributed by atoms with van der Waals surface area (Å²) in [7, 11) is 1.30. The molecule has 0 fully saturated rings. The van der Waals surface area contributed by atoms with Crippen molar-refractivity contribution in [1.29, 1.82) is 0 Å². The van der Waals surface area contributed by atoms with E-state index in [4.69, 9.17) is 14.2 Å². The van der Waals surface area contributed by atoms with Crippen LogP contribution in [0, 0.1) is 0 Å². The standard InChI is InChI=1S/C26H25FO5/c1-3-21(27)17-32-26(29)23(19-11-13-20(14-12-19)25(28)30-2)15-16-31-24-10-6-8-18-7-4-5-9-22(18)24/h4-15,21H,3,16-17H2,1-2H3. The van der Waals surface area contributed by atoms with Gasteiger partial charge in [0.1, 0.15) is 25.1 Å². The highest BCUT2D eigenvalue weighted by Gasteiger charge is 2.17. The first kappa shape index (κ1) is 23.0. The Balaban J connectivity index is 1.83. The molecule has 0 heterocycles. The molecule has 1 atom stereocenters. The van der Waals surface area contributed by atoms with Gasteiger partial charge in [0.25, 0.3) is 0 Å². The number of ether oxygens (including phenoxy) is 3. The Bertz CT molecular complexity index is 1100. The summed E-state index contributed by atoms with van der Waals surface area (Å²) < 4.78 is 29.4. The van der Waals surface area contributed by atoms with E-state index in [1.54, 1.807) is 37.3 Å². The lowest BCUT2D eigenvalue weighted by molar-refractivity contribution is -0.138. The van der Waals surface area contributed by atoms with Gasteiger partial charge >= 0.3 is 11.9 Å². The smallest absolute Gasteiger partial charge is 0.338 e. The Kier molecular flexibility index (Phi) is 7.97. The Hall–Kier alpha value is -3.67. The van der Waals surface area contributed by atoms with Gasteiger partial charge in [0.15, 0.2) is 0 Å². The fraction of sp³-hybridized carbons (Fsp3) is 0.231. The van der Waals surface area contributed by atoms with Crippen molar-refractivity contribution in [3.05, 3.63) is 83.9 Å². The molecule has 0 saturated heterocycles. The first-order valence-corrected chi connectivity index (χ1v) is 10.3. The lowest BCUT2D eigenvalue weighted by Crippen LogP contribution is -2.16. The van der Waals surface area contributed by atoms with Crippen molar-refractivity contribution < 1.29 is 28.2 Å². The number of hydrogen-bond donors (Lipinski definition) is 0. The Morgan fingerprint density at radius 1 is 0.969 bits per heavy atom. The monoisotopic (exact) mass is 436 g/mol. The number of halogens is 1. The van der Waals surface area contributed by atoms with Gasteiger partial charge in [-0.15, -0.1) is 0 Å². The van der Waals surface area contributed by atoms with Crippen molar-refractivity contribution in [2.45, 2.75) is 19.5 Å². The van der Waals surface area contributed by atoms with E-state index >= 15 is 0 Å². The van der Waals surface area contributed by atoms with Crippen LogP contribution in [0.4, 0.5) is 4.39 Å². The molecule has 0 aliphatic carbocycles. The summed E-state index contributed by atoms with van der Waals surface area (Å²) in [5, 5.41) is 2.00. The van der Waals surface area contributed by atoms with Crippen LogP contribution in [0.1, 0.15) is 29.3 Å². The van der Waals surface area contributed by atoms with Gasteiger partial charge in [-0.25, -0.2) is 14.0 Å². The first-order valence-electron chi connectivity index (χ1n) is 10.3. The Morgan fingerprint density at radius 3 is 2.38 bits per heavy atom. The average Bonchev–Trinajstić information content (AvgIpc) is 2.84. The maximum absolute atomic E-state index is 13.6. The molecular weight excluding hydrogens is 411 g/mol. The summed E-state index contributed by atoms with van der Waals surface area (Å²) in [6, 6.07) is 19.9. The maximum Gasteiger partial charge on any atom is 0.338 e. The van der Waals surface area contributed by atoms with Crippen molar-refractivity contribution in [3.8, 4) is 5.75 Å². The molecule has 0 spiro atoms. The van der Waals surface area contributed by atoms with Crippen molar-refractivity contribution in [2.75, 3.05) is 20.3 Å². The molecule has 3 aromatic carbocycles. The van der Waals surface area contributed by atoms with E-state index in [1.165, 1.54) is 7.11 Å². The molecule has 0 radical (unpaired) electrons. The molecule has 6 heteroatoms. The van der Waals surface area contributed by atoms with Crippen molar-refractivity contribution >= 4 is 28.3 Å². The van der Waals surface area contributed by atoms with E-state index in [1.807, 2.05) is 42.5 Å². The van der Waals surface area contributed by atoms with Gasteiger partial charge in [-0.2, -0.15) is 0 Å². The third kappa shape index (κ3) is 5.72. The quantitative estimate of drug-likeness (QED) is 0.333. The fourth-order valence-corrected chi connectivity index (χ4v) is 3.12. The van der Waals surface area contributed by atoms with Gasteiger partial charge in [0.05, 0.1) is 18.2 Å². The summed E-state index contributed by atoms with van der Waals surface area (Å²) in [5.74, 6) is -0.455. The topological polar surface area (TPSA) is 61.8 Å². The maximum atomic E-state index is 13.6. The van der Waals surface area contributed by atoms with Crippen molar-refractivity contribution in [2.24, 2.45) is 0 Å². The zero-order valence-electron chi connectivity index (χ0n) is 18.0. The Labute approximate surface area is 186 Å². The van der Waals surface area contributed by atoms with Gasteiger partial charge < -0.3 is 14.2 Å². The summed E-state index contributed by atoms with van der Waals surface area (Å²) in [6.07, 6.45) is 0.620. The summed E-state index contributed by atoms with van der Waals surface area (Å²) >= 11 is 0. The minimum Gasteiger partial charge on any atom is -0.489 e. The van der Waals surface area contributed by atoms with Gasteiger partial charge in [-0.05, 0) is 41.6 Å². The number of alkyl halides is 1. The minimum absolute atomic E-state index is 0.101.